The third kappa shape index (κ3) is 3.42. The van der Waals surface area contributed by atoms with Gasteiger partial charge in [0.05, 0.1) is 0 Å². The van der Waals surface area contributed by atoms with Crippen LogP contribution in [0.4, 0.5) is 0 Å². The zero-order chi connectivity index (χ0) is 8.65. The highest BCUT2D eigenvalue weighted by atomic mass is 15.0. The fourth-order valence-corrected chi connectivity index (χ4v) is 1.10. The standard InChI is InChI=1S/C9H15N3/c1-2-3-4-5-6-9-11-7-10-8-12-9/h7-8H,2-6H2,1H3. The molecule has 0 radical (unpaired) electrons. The van der Waals surface area contributed by atoms with Crippen LogP contribution in [0.25, 0.3) is 0 Å². The second-order valence-electron chi connectivity index (χ2n) is 2.87. The summed E-state index contributed by atoms with van der Waals surface area (Å²) in [6.07, 6.45) is 9.16. The van der Waals surface area contributed by atoms with Crippen LogP contribution in [0.2, 0.25) is 0 Å². The predicted octanol–water partition coefficient (Wildman–Crippen LogP) is 1.99. The van der Waals surface area contributed by atoms with Gasteiger partial charge in [-0.2, -0.15) is 0 Å². The average Bonchev–Trinajstić information content (AvgIpc) is 2.14. The lowest BCUT2D eigenvalue weighted by molar-refractivity contribution is 0.650. The molecule has 0 unspecified atom stereocenters. The van der Waals surface area contributed by atoms with Crippen molar-refractivity contribution in [2.24, 2.45) is 0 Å². The van der Waals surface area contributed by atoms with Crippen molar-refractivity contribution < 1.29 is 0 Å². The summed E-state index contributed by atoms with van der Waals surface area (Å²) < 4.78 is 0. The van der Waals surface area contributed by atoms with E-state index < -0.39 is 0 Å². The molecular formula is C9H15N3. The highest BCUT2D eigenvalue weighted by Crippen LogP contribution is 2.02. The van der Waals surface area contributed by atoms with Crippen molar-refractivity contribution in [2.45, 2.75) is 39.0 Å². The molecule has 0 atom stereocenters. The molecule has 1 aromatic rings. The van der Waals surface area contributed by atoms with Crippen LogP contribution in [0.3, 0.4) is 0 Å². The highest BCUT2D eigenvalue weighted by Gasteiger charge is 1.93. The van der Waals surface area contributed by atoms with Crippen molar-refractivity contribution in [3.05, 3.63) is 18.5 Å². The second-order valence-corrected chi connectivity index (χ2v) is 2.87. The molecule has 1 aromatic heterocycles. The van der Waals surface area contributed by atoms with E-state index in [1.54, 1.807) is 12.7 Å². The molecule has 0 N–H and O–H groups in total. The van der Waals surface area contributed by atoms with Gasteiger partial charge in [0.1, 0.15) is 18.5 Å². The molecule has 1 heterocycles. The Kier molecular flexibility index (Phi) is 4.27. The minimum Gasteiger partial charge on any atom is -0.225 e. The molecule has 0 spiro atoms. The van der Waals surface area contributed by atoms with Crippen LogP contribution in [-0.4, -0.2) is 15.0 Å². The van der Waals surface area contributed by atoms with Crippen LogP contribution in [0.5, 0.6) is 0 Å². The van der Waals surface area contributed by atoms with Gasteiger partial charge >= 0.3 is 0 Å². The van der Waals surface area contributed by atoms with Crippen LogP contribution in [0.1, 0.15) is 38.4 Å². The fraction of sp³-hybridized carbons (Fsp3) is 0.667. The first kappa shape index (κ1) is 9.10. The largest absolute Gasteiger partial charge is 0.225 e. The van der Waals surface area contributed by atoms with Gasteiger partial charge in [0.25, 0.3) is 0 Å². The Morgan fingerprint density at radius 3 is 2.50 bits per heavy atom. The number of nitrogens with zero attached hydrogens (tertiary/aromatic N) is 3. The van der Waals surface area contributed by atoms with E-state index in [1.807, 2.05) is 0 Å². The minimum absolute atomic E-state index is 0.918. The molecule has 3 nitrogen and oxygen atoms in total. The maximum Gasteiger partial charge on any atom is 0.131 e. The van der Waals surface area contributed by atoms with Gasteiger partial charge in [0.15, 0.2) is 0 Å². The Morgan fingerprint density at radius 2 is 1.83 bits per heavy atom. The lowest BCUT2D eigenvalue weighted by atomic mass is 10.1. The van der Waals surface area contributed by atoms with Gasteiger partial charge in [-0.1, -0.05) is 26.2 Å². The molecule has 3 heteroatoms. The van der Waals surface area contributed by atoms with E-state index in [0.717, 1.165) is 12.2 Å². The molecule has 0 fully saturated rings. The van der Waals surface area contributed by atoms with Crippen LogP contribution in [0.15, 0.2) is 12.7 Å². The summed E-state index contributed by atoms with van der Waals surface area (Å²) in [5.41, 5.74) is 0. The number of hydrogen-bond donors (Lipinski definition) is 0. The van der Waals surface area contributed by atoms with Gasteiger partial charge in [-0.05, 0) is 6.42 Å². The van der Waals surface area contributed by atoms with Crippen molar-refractivity contribution in [1.29, 1.82) is 0 Å². The minimum atomic E-state index is 0.918. The molecule has 66 valence electrons. The Balaban J connectivity index is 2.16. The average molecular weight is 165 g/mol. The summed E-state index contributed by atoms with van der Waals surface area (Å²) in [6.45, 7) is 2.21. The number of unbranched alkanes of at least 4 members (excludes halogenated alkanes) is 3. The number of rotatable bonds is 5. The van der Waals surface area contributed by atoms with Crippen molar-refractivity contribution in [3.63, 3.8) is 0 Å². The van der Waals surface area contributed by atoms with Crippen LogP contribution in [0, 0.1) is 0 Å². The van der Waals surface area contributed by atoms with E-state index >= 15 is 0 Å². The Bertz CT molecular complexity index is 198. The second kappa shape index (κ2) is 5.63. The first-order chi connectivity index (χ1) is 5.93. The third-order valence-electron chi connectivity index (χ3n) is 1.80. The van der Waals surface area contributed by atoms with E-state index in [1.165, 1.54) is 25.7 Å². The molecule has 0 aliphatic rings. The van der Waals surface area contributed by atoms with Gasteiger partial charge in [-0.3, -0.25) is 0 Å². The molecule has 0 aliphatic carbocycles. The van der Waals surface area contributed by atoms with E-state index in [2.05, 4.69) is 21.9 Å². The van der Waals surface area contributed by atoms with Gasteiger partial charge in [0.2, 0.25) is 0 Å². The molecule has 0 aromatic carbocycles. The van der Waals surface area contributed by atoms with Gasteiger partial charge in [-0.25, -0.2) is 15.0 Å². The van der Waals surface area contributed by atoms with Gasteiger partial charge in [-0.15, -0.1) is 0 Å². The summed E-state index contributed by atoms with van der Waals surface area (Å²) >= 11 is 0. The van der Waals surface area contributed by atoms with Crippen LogP contribution >= 0.6 is 0 Å². The quantitative estimate of drug-likeness (QED) is 0.626. The molecule has 12 heavy (non-hydrogen) atoms. The first-order valence-electron chi connectivity index (χ1n) is 4.54. The lowest BCUT2D eigenvalue weighted by Gasteiger charge is -1.97. The summed E-state index contributed by atoms with van der Waals surface area (Å²) in [4.78, 5) is 11.9. The maximum atomic E-state index is 4.05. The molecule has 0 aliphatic heterocycles. The van der Waals surface area contributed by atoms with Crippen LogP contribution in [-0.2, 0) is 6.42 Å². The van der Waals surface area contributed by atoms with Gasteiger partial charge in [0, 0.05) is 6.42 Å². The van der Waals surface area contributed by atoms with E-state index in [4.69, 9.17) is 0 Å². The van der Waals surface area contributed by atoms with E-state index in [0.29, 0.717) is 0 Å². The fourth-order valence-electron chi connectivity index (χ4n) is 1.10. The highest BCUT2D eigenvalue weighted by molar-refractivity contribution is 4.80. The van der Waals surface area contributed by atoms with Crippen LogP contribution < -0.4 is 0 Å². The number of aromatic nitrogens is 3. The Hall–Kier alpha value is -0.990. The summed E-state index contributed by atoms with van der Waals surface area (Å²) in [7, 11) is 0. The smallest absolute Gasteiger partial charge is 0.131 e. The zero-order valence-electron chi connectivity index (χ0n) is 7.53. The first-order valence-corrected chi connectivity index (χ1v) is 4.54. The summed E-state index contributed by atoms with van der Waals surface area (Å²) in [5.74, 6) is 0.918. The molecule has 0 amide bonds. The monoisotopic (exact) mass is 165 g/mol. The molecule has 0 saturated carbocycles. The number of aryl methyl sites for hydroxylation is 1. The van der Waals surface area contributed by atoms with Crippen molar-refractivity contribution in [2.75, 3.05) is 0 Å². The molecule has 0 saturated heterocycles. The summed E-state index contributed by atoms with van der Waals surface area (Å²) in [5, 5.41) is 0. The number of hydrogen-bond acceptors (Lipinski definition) is 3. The topological polar surface area (TPSA) is 38.7 Å². The Morgan fingerprint density at radius 1 is 1.08 bits per heavy atom. The SMILES string of the molecule is CCCCCCc1ncncn1. The van der Waals surface area contributed by atoms with E-state index in [-0.39, 0.29) is 0 Å². The zero-order valence-corrected chi connectivity index (χ0v) is 7.53. The molecule has 1 rings (SSSR count). The normalized spacial score (nSPS) is 10.1. The third-order valence-corrected chi connectivity index (χ3v) is 1.80. The van der Waals surface area contributed by atoms with Crippen molar-refractivity contribution >= 4 is 0 Å². The van der Waals surface area contributed by atoms with Crippen molar-refractivity contribution in [3.8, 4) is 0 Å². The van der Waals surface area contributed by atoms with Crippen molar-refractivity contribution in [1.82, 2.24) is 15.0 Å². The molecule has 0 bridgehead atoms. The van der Waals surface area contributed by atoms with E-state index in [9.17, 15) is 0 Å². The predicted molar refractivity (Wildman–Crippen MR) is 47.7 cm³/mol. The Labute approximate surface area is 73.3 Å². The lowest BCUT2D eigenvalue weighted by Crippen LogP contribution is -1.94. The molecular weight excluding hydrogens is 150 g/mol. The maximum absolute atomic E-state index is 4.05. The summed E-state index contributed by atoms with van der Waals surface area (Å²) in [6, 6.07) is 0. The van der Waals surface area contributed by atoms with Gasteiger partial charge < -0.3 is 0 Å².